The van der Waals surface area contributed by atoms with Crippen LogP contribution < -0.4 is 0 Å². The molecule has 0 aromatic heterocycles. The molecule has 0 fully saturated rings. The van der Waals surface area contributed by atoms with Crippen molar-refractivity contribution in [3.05, 3.63) is 23.8 Å². The average molecular weight is 297 g/mol. The molecule has 0 spiro atoms. The first-order valence-corrected chi connectivity index (χ1v) is 7.28. The van der Waals surface area contributed by atoms with Gasteiger partial charge < -0.3 is 10.2 Å². The minimum Gasteiger partial charge on any atom is -0.507 e. The van der Waals surface area contributed by atoms with Crippen molar-refractivity contribution in [3.63, 3.8) is 0 Å². The zero-order valence-electron chi connectivity index (χ0n) is 10.9. The fraction of sp³-hybridized carbons (Fsp3) is 0.308. The second kappa shape index (κ2) is 6.41. The highest BCUT2D eigenvalue weighted by molar-refractivity contribution is 7.89. The van der Waals surface area contributed by atoms with E-state index in [1.54, 1.807) is 6.92 Å². The molecule has 0 heterocycles. The fourth-order valence-electron chi connectivity index (χ4n) is 1.63. The molecule has 0 aliphatic carbocycles. The Labute approximate surface area is 117 Å². The van der Waals surface area contributed by atoms with Crippen LogP contribution in [0.25, 0.3) is 0 Å². The number of aromatic carboxylic acids is 1. The van der Waals surface area contributed by atoms with Crippen LogP contribution in [0.15, 0.2) is 23.1 Å². The Hall–Kier alpha value is -2.04. The van der Waals surface area contributed by atoms with E-state index in [4.69, 9.17) is 11.5 Å². The van der Waals surface area contributed by atoms with Crippen LogP contribution in [0.5, 0.6) is 5.75 Å². The number of hydrogen-bond acceptors (Lipinski definition) is 4. The lowest BCUT2D eigenvalue weighted by Crippen LogP contribution is -2.32. The number of phenols is 1. The predicted molar refractivity (Wildman–Crippen MR) is 72.9 cm³/mol. The van der Waals surface area contributed by atoms with Crippen LogP contribution in [0.2, 0.25) is 0 Å². The number of rotatable bonds is 6. The van der Waals surface area contributed by atoms with E-state index in [0.717, 1.165) is 22.5 Å². The zero-order chi connectivity index (χ0) is 15.3. The Bertz CT molecular complexity index is 645. The van der Waals surface area contributed by atoms with Crippen molar-refractivity contribution >= 4 is 16.0 Å². The van der Waals surface area contributed by atoms with Crippen LogP contribution in [0.1, 0.15) is 23.7 Å². The zero-order valence-corrected chi connectivity index (χ0v) is 11.7. The molecule has 6 nitrogen and oxygen atoms in total. The third-order valence-corrected chi connectivity index (χ3v) is 4.42. The molecule has 0 saturated carbocycles. The molecule has 0 radical (unpaired) electrons. The third kappa shape index (κ3) is 3.29. The predicted octanol–water partition coefficient (Wildman–Crippen LogP) is 1.12. The Balaban J connectivity index is 3.31. The van der Waals surface area contributed by atoms with E-state index in [-0.39, 0.29) is 18.0 Å². The van der Waals surface area contributed by atoms with Gasteiger partial charge >= 0.3 is 5.97 Å². The molecular formula is C13H15NO5S. The molecule has 1 aromatic rings. The summed E-state index contributed by atoms with van der Waals surface area (Å²) < 4.78 is 25.8. The summed E-state index contributed by atoms with van der Waals surface area (Å²) in [5.74, 6) is 0.364. The van der Waals surface area contributed by atoms with Crippen molar-refractivity contribution in [2.45, 2.75) is 18.2 Å². The molecule has 20 heavy (non-hydrogen) atoms. The standard InChI is InChI=1S/C13H15NO5S/c1-3-7-14(8-4-2)20(18,19)10-5-6-12(15)11(9-10)13(16)17/h1,5-6,9,15H,4,7-8H2,2H3,(H,16,17). The summed E-state index contributed by atoms with van der Waals surface area (Å²) in [4.78, 5) is 10.7. The second-order valence-corrected chi connectivity index (χ2v) is 5.96. The molecule has 0 bridgehead atoms. The lowest BCUT2D eigenvalue weighted by atomic mass is 10.2. The lowest BCUT2D eigenvalue weighted by molar-refractivity contribution is 0.0693. The summed E-state index contributed by atoms with van der Waals surface area (Å²) in [6, 6.07) is 3.11. The Morgan fingerprint density at radius 2 is 2.10 bits per heavy atom. The molecule has 108 valence electrons. The van der Waals surface area contributed by atoms with Crippen molar-refractivity contribution in [2.24, 2.45) is 0 Å². The smallest absolute Gasteiger partial charge is 0.339 e. The van der Waals surface area contributed by atoms with Gasteiger partial charge in [-0.05, 0) is 24.6 Å². The summed E-state index contributed by atoms with van der Waals surface area (Å²) >= 11 is 0. The molecule has 0 amide bonds. The van der Waals surface area contributed by atoms with Crippen molar-refractivity contribution in [1.82, 2.24) is 4.31 Å². The minimum atomic E-state index is -3.88. The molecule has 0 saturated heterocycles. The quantitative estimate of drug-likeness (QED) is 0.767. The van der Waals surface area contributed by atoms with E-state index >= 15 is 0 Å². The van der Waals surface area contributed by atoms with Crippen LogP contribution in [0.4, 0.5) is 0 Å². The Morgan fingerprint density at radius 1 is 1.45 bits per heavy atom. The first-order chi connectivity index (χ1) is 9.34. The maximum atomic E-state index is 12.4. The van der Waals surface area contributed by atoms with E-state index < -0.39 is 27.3 Å². The number of aromatic hydroxyl groups is 1. The van der Waals surface area contributed by atoms with Gasteiger partial charge in [-0.2, -0.15) is 4.31 Å². The number of hydrogen-bond donors (Lipinski definition) is 2. The minimum absolute atomic E-state index is 0.0978. The topological polar surface area (TPSA) is 94.9 Å². The van der Waals surface area contributed by atoms with Crippen LogP contribution in [-0.4, -0.2) is 42.0 Å². The molecule has 1 rings (SSSR count). The Morgan fingerprint density at radius 3 is 2.60 bits per heavy atom. The van der Waals surface area contributed by atoms with Crippen molar-refractivity contribution < 1.29 is 23.4 Å². The van der Waals surface area contributed by atoms with E-state index in [0.29, 0.717) is 6.42 Å². The van der Waals surface area contributed by atoms with Gasteiger partial charge in [0.2, 0.25) is 10.0 Å². The molecule has 0 aliphatic heterocycles. The molecule has 0 aliphatic rings. The largest absolute Gasteiger partial charge is 0.507 e. The summed E-state index contributed by atoms with van der Waals surface area (Å²) in [5.41, 5.74) is -0.469. The Kier molecular flexibility index (Phi) is 5.13. The first kappa shape index (κ1) is 16.0. The number of carboxylic acid groups (broad SMARTS) is 1. The molecule has 0 unspecified atom stereocenters. The van der Waals surface area contributed by atoms with Crippen LogP contribution in [0, 0.1) is 12.3 Å². The maximum Gasteiger partial charge on any atom is 0.339 e. The lowest BCUT2D eigenvalue weighted by Gasteiger charge is -2.19. The van der Waals surface area contributed by atoms with Crippen LogP contribution in [-0.2, 0) is 10.0 Å². The molecular weight excluding hydrogens is 282 g/mol. The number of terminal acetylenes is 1. The normalized spacial score (nSPS) is 11.2. The maximum absolute atomic E-state index is 12.4. The van der Waals surface area contributed by atoms with E-state index in [1.165, 1.54) is 0 Å². The fourth-order valence-corrected chi connectivity index (χ4v) is 3.10. The van der Waals surface area contributed by atoms with Crippen LogP contribution in [0.3, 0.4) is 0 Å². The van der Waals surface area contributed by atoms with Gasteiger partial charge in [0.1, 0.15) is 11.3 Å². The molecule has 7 heteroatoms. The van der Waals surface area contributed by atoms with E-state index in [2.05, 4.69) is 5.92 Å². The van der Waals surface area contributed by atoms with Crippen molar-refractivity contribution in [2.75, 3.05) is 13.1 Å². The summed E-state index contributed by atoms with van der Waals surface area (Å²) in [5, 5.41) is 18.3. The van der Waals surface area contributed by atoms with Gasteiger partial charge in [0, 0.05) is 6.54 Å². The first-order valence-electron chi connectivity index (χ1n) is 5.84. The highest BCUT2D eigenvalue weighted by Crippen LogP contribution is 2.23. The third-order valence-electron chi connectivity index (χ3n) is 2.58. The number of nitrogens with zero attached hydrogens (tertiary/aromatic N) is 1. The molecule has 1 aromatic carbocycles. The van der Waals surface area contributed by atoms with Gasteiger partial charge in [-0.25, -0.2) is 13.2 Å². The van der Waals surface area contributed by atoms with Gasteiger partial charge in [-0.1, -0.05) is 12.8 Å². The highest BCUT2D eigenvalue weighted by atomic mass is 32.2. The van der Waals surface area contributed by atoms with Crippen molar-refractivity contribution in [3.8, 4) is 18.1 Å². The monoisotopic (exact) mass is 297 g/mol. The highest BCUT2D eigenvalue weighted by Gasteiger charge is 2.25. The van der Waals surface area contributed by atoms with Gasteiger partial charge in [0.05, 0.1) is 11.4 Å². The summed E-state index contributed by atoms with van der Waals surface area (Å²) in [7, 11) is -3.88. The summed E-state index contributed by atoms with van der Waals surface area (Å²) in [6.45, 7) is 1.94. The average Bonchev–Trinajstić information content (AvgIpc) is 2.38. The number of carboxylic acids is 1. The van der Waals surface area contributed by atoms with E-state index in [1.807, 2.05) is 0 Å². The number of sulfonamides is 1. The molecule has 0 atom stereocenters. The number of carbonyl (C=O) groups is 1. The van der Waals surface area contributed by atoms with Crippen LogP contribution >= 0.6 is 0 Å². The van der Waals surface area contributed by atoms with Gasteiger partial charge in [-0.15, -0.1) is 6.42 Å². The van der Waals surface area contributed by atoms with Gasteiger partial charge in [0.15, 0.2) is 0 Å². The van der Waals surface area contributed by atoms with Gasteiger partial charge in [0.25, 0.3) is 0 Å². The van der Waals surface area contributed by atoms with Crippen molar-refractivity contribution in [1.29, 1.82) is 0 Å². The van der Waals surface area contributed by atoms with E-state index in [9.17, 15) is 18.3 Å². The van der Waals surface area contributed by atoms with Gasteiger partial charge in [-0.3, -0.25) is 0 Å². The number of benzene rings is 1. The second-order valence-electron chi connectivity index (χ2n) is 4.03. The SMILES string of the molecule is C#CCN(CCC)S(=O)(=O)c1ccc(O)c(C(=O)O)c1. The summed E-state index contributed by atoms with van der Waals surface area (Å²) in [6.07, 6.45) is 5.72. The molecule has 2 N–H and O–H groups in total.